The van der Waals surface area contributed by atoms with Gasteiger partial charge in [-0.1, -0.05) is 13.8 Å². The van der Waals surface area contributed by atoms with Crippen LogP contribution >= 0.6 is 0 Å². The molecule has 0 heterocycles. The van der Waals surface area contributed by atoms with Gasteiger partial charge >= 0.3 is 0 Å². The largest absolute Gasteiger partial charge is 0.325 e. The van der Waals surface area contributed by atoms with Crippen molar-refractivity contribution in [1.29, 1.82) is 0 Å². The lowest BCUT2D eigenvalue weighted by molar-refractivity contribution is 0.627. The van der Waals surface area contributed by atoms with Gasteiger partial charge in [0.05, 0.1) is 0 Å². The van der Waals surface area contributed by atoms with E-state index in [1.165, 1.54) is 12.1 Å². The number of aliphatic imine (C=N–C) groups is 1. The van der Waals surface area contributed by atoms with Gasteiger partial charge in [-0.3, -0.25) is 10.4 Å². The molecule has 1 rings (SSSR count). The Morgan fingerprint density at radius 1 is 1.41 bits per heavy atom. The molecule has 0 aliphatic heterocycles. The van der Waals surface area contributed by atoms with E-state index in [9.17, 15) is 4.39 Å². The third-order valence-electron chi connectivity index (χ3n) is 2.06. The van der Waals surface area contributed by atoms with Crippen molar-refractivity contribution < 1.29 is 4.39 Å². The molecular formula is C12H19FN4. The van der Waals surface area contributed by atoms with Gasteiger partial charge in [-0.2, -0.15) is 0 Å². The van der Waals surface area contributed by atoms with Gasteiger partial charge in [-0.15, -0.1) is 0 Å². The van der Waals surface area contributed by atoms with Crippen LogP contribution in [0.2, 0.25) is 0 Å². The predicted octanol–water partition coefficient (Wildman–Crippen LogP) is 2.02. The van der Waals surface area contributed by atoms with Gasteiger partial charge in [0.15, 0.2) is 0 Å². The van der Waals surface area contributed by atoms with Crippen LogP contribution in [0.3, 0.4) is 0 Å². The zero-order valence-electron chi connectivity index (χ0n) is 10.4. The molecule has 0 radical (unpaired) electrons. The van der Waals surface area contributed by atoms with Crippen LogP contribution < -0.4 is 16.6 Å². The zero-order valence-corrected chi connectivity index (χ0v) is 10.4. The van der Waals surface area contributed by atoms with Gasteiger partial charge in [0.2, 0.25) is 5.96 Å². The van der Waals surface area contributed by atoms with Crippen LogP contribution in [0.1, 0.15) is 19.4 Å². The van der Waals surface area contributed by atoms with E-state index in [1.807, 2.05) is 13.0 Å². The Labute approximate surface area is 101 Å². The standard InChI is InChI=1S/C12H19FN4/c1-8(2)7-15-12(17-14)16-11-5-9(3)4-10(13)6-11/h4-6,8H,7,14H2,1-3H3,(H2,15,16,17). The minimum absolute atomic E-state index is 0.285. The van der Waals surface area contributed by atoms with Gasteiger partial charge in [-0.05, 0) is 36.6 Å². The lowest BCUT2D eigenvalue weighted by Gasteiger charge is -2.10. The van der Waals surface area contributed by atoms with Crippen molar-refractivity contribution in [2.75, 3.05) is 11.9 Å². The zero-order chi connectivity index (χ0) is 12.8. The van der Waals surface area contributed by atoms with Crippen LogP contribution in [0.4, 0.5) is 10.1 Å². The van der Waals surface area contributed by atoms with Gasteiger partial charge in [-0.25, -0.2) is 10.2 Å². The average molecular weight is 238 g/mol. The first-order chi connectivity index (χ1) is 8.01. The summed E-state index contributed by atoms with van der Waals surface area (Å²) in [5, 5.41) is 2.94. The Morgan fingerprint density at radius 2 is 2.12 bits per heavy atom. The second kappa shape index (κ2) is 6.20. The van der Waals surface area contributed by atoms with Crippen molar-refractivity contribution in [3.63, 3.8) is 0 Å². The van der Waals surface area contributed by atoms with Crippen LogP contribution in [0, 0.1) is 18.7 Å². The summed E-state index contributed by atoms with van der Waals surface area (Å²) in [6.07, 6.45) is 0. The SMILES string of the molecule is Cc1cc(F)cc(NC(=NCC(C)C)NN)c1. The molecule has 0 aliphatic carbocycles. The van der Waals surface area contributed by atoms with Crippen molar-refractivity contribution in [1.82, 2.24) is 5.43 Å². The average Bonchev–Trinajstić information content (AvgIpc) is 2.22. The number of guanidine groups is 1. The van der Waals surface area contributed by atoms with E-state index in [1.54, 1.807) is 0 Å². The molecule has 1 aromatic rings. The maximum atomic E-state index is 13.2. The lowest BCUT2D eigenvalue weighted by Crippen LogP contribution is -2.36. The highest BCUT2D eigenvalue weighted by molar-refractivity contribution is 5.93. The minimum Gasteiger partial charge on any atom is -0.325 e. The Balaban J connectivity index is 2.76. The lowest BCUT2D eigenvalue weighted by atomic mass is 10.2. The van der Waals surface area contributed by atoms with E-state index < -0.39 is 0 Å². The van der Waals surface area contributed by atoms with Gasteiger partial charge < -0.3 is 5.32 Å². The normalized spacial score (nSPS) is 11.8. The Kier molecular flexibility index (Phi) is 4.90. The molecule has 0 atom stereocenters. The Hall–Kier alpha value is -1.62. The summed E-state index contributed by atoms with van der Waals surface area (Å²) < 4.78 is 13.2. The molecule has 0 saturated heterocycles. The number of nitrogens with one attached hydrogen (secondary N) is 2. The summed E-state index contributed by atoms with van der Waals surface area (Å²) in [5.74, 6) is 5.93. The second-order valence-corrected chi connectivity index (χ2v) is 4.37. The molecule has 4 N–H and O–H groups in total. The number of hydrogen-bond acceptors (Lipinski definition) is 2. The molecule has 0 aliphatic rings. The summed E-state index contributed by atoms with van der Waals surface area (Å²) >= 11 is 0. The smallest absolute Gasteiger partial charge is 0.210 e. The predicted molar refractivity (Wildman–Crippen MR) is 69.2 cm³/mol. The van der Waals surface area contributed by atoms with Crippen molar-refractivity contribution >= 4 is 11.6 Å². The molecule has 0 fully saturated rings. The van der Waals surface area contributed by atoms with Crippen molar-refractivity contribution in [2.24, 2.45) is 16.8 Å². The van der Waals surface area contributed by atoms with Crippen molar-refractivity contribution in [2.45, 2.75) is 20.8 Å². The molecule has 0 bridgehead atoms. The number of hydrazine groups is 1. The molecule has 17 heavy (non-hydrogen) atoms. The highest BCUT2D eigenvalue weighted by Crippen LogP contribution is 2.12. The first-order valence-corrected chi connectivity index (χ1v) is 5.56. The van der Waals surface area contributed by atoms with Gasteiger partial charge in [0, 0.05) is 12.2 Å². The fourth-order valence-electron chi connectivity index (χ4n) is 1.34. The maximum absolute atomic E-state index is 13.2. The minimum atomic E-state index is -0.285. The summed E-state index contributed by atoms with van der Waals surface area (Å²) in [5.41, 5.74) is 3.93. The maximum Gasteiger partial charge on any atom is 0.210 e. The molecular weight excluding hydrogens is 219 g/mol. The number of aryl methyl sites for hydroxylation is 1. The van der Waals surface area contributed by atoms with Gasteiger partial charge in [0.1, 0.15) is 5.82 Å². The monoisotopic (exact) mass is 238 g/mol. The van der Waals surface area contributed by atoms with E-state index >= 15 is 0 Å². The highest BCUT2D eigenvalue weighted by Gasteiger charge is 2.01. The van der Waals surface area contributed by atoms with Crippen LogP contribution in [0.5, 0.6) is 0 Å². The van der Waals surface area contributed by atoms with E-state index in [0.717, 1.165) is 5.56 Å². The third-order valence-corrected chi connectivity index (χ3v) is 2.06. The summed E-state index contributed by atoms with van der Waals surface area (Å²) in [6.45, 7) is 6.60. The topological polar surface area (TPSA) is 62.4 Å². The number of anilines is 1. The molecule has 0 amide bonds. The number of halogens is 1. The molecule has 1 aromatic carbocycles. The molecule has 0 spiro atoms. The molecule has 0 unspecified atom stereocenters. The van der Waals surface area contributed by atoms with Crippen LogP contribution in [0.15, 0.2) is 23.2 Å². The highest BCUT2D eigenvalue weighted by atomic mass is 19.1. The van der Waals surface area contributed by atoms with E-state index in [4.69, 9.17) is 5.84 Å². The Bertz CT molecular complexity index is 381. The summed E-state index contributed by atoms with van der Waals surface area (Å²) in [4.78, 5) is 4.24. The molecule has 0 saturated carbocycles. The van der Waals surface area contributed by atoms with E-state index in [0.29, 0.717) is 24.1 Å². The summed E-state index contributed by atoms with van der Waals surface area (Å²) in [6, 6.07) is 4.69. The first kappa shape index (κ1) is 13.4. The first-order valence-electron chi connectivity index (χ1n) is 5.56. The number of benzene rings is 1. The third kappa shape index (κ3) is 4.82. The molecule has 0 aromatic heterocycles. The molecule has 4 nitrogen and oxygen atoms in total. The second-order valence-electron chi connectivity index (χ2n) is 4.37. The fraction of sp³-hybridized carbons (Fsp3) is 0.417. The number of nitrogens with two attached hydrogens (primary N) is 1. The molecule has 94 valence electrons. The van der Waals surface area contributed by atoms with Crippen LogP contribution in [-0.2, 0) is 0 Å². The van der Waals surface area contributed by atoms with Crippen LogP contribution in [-0.4, -0.2) is 12.5 Å². The van der Waals surface area contributed by atoms with E-state index in [-0.39, 0.29) is 5.82 Å². The molecule has 5 heteroatoms. The van der Waals surface area contributed by atoms with Crippen molar-refractivity contribution in [3.8, 4) is 0 Å². The van der Waals surface area contributed by atoms with E-state index in [2.05, 4.69) is 29.6 Å². The summed E-state index contributed by atoms with van der Waals surface area (Å²) in [7, 11) is 0. The van der Waals surface area contributed by atoms with Crippen LogP contribution in [0.25, 0.3) is 0 Å². The quantitative estimate of drug-likeness (QED) is 0.327. The fourth-order valence-corrected chi connectivity index (χ4v) is 1.34. The number of nitrogens with zero attached hydrogens (tertiary/aromatic N) is 1. The van der Waals surface area contributed by atoms with Gasteiger partial charge in [0.25, 0.3) is 0 Å². The number of rotatable bonds is 3. The van der Waals surface area contributed by atoms with Crippen molar-refractivity contribution in [3.05, 3.63) is 29.6 Å². The Morgan fingerprint density at radius 3 is 2.65 bits per heavy atom. The number of hydrogen-bond donors (Lipinski definition) is 3.